The van der Waals surface area contributed by atoms with Crippen molar-refractivity contribution < 1.29 is 19.6 Å². The Kier molecular flexibility index (Phi) is 7.60. The van der Waals surface area contributed by atoms with Gasteiger partial charge in [0.25, 0.3) is 5.69 Å². The highest BCUT2D eigenvalue weighted by atomic mass is 35.5. The number of benzene rings is 1. The number of anilines is 1. The van der Waals surface area contributed by atoms with Crippen molar-refractivity contribution in [2.45, 2.75) is 19.3 Å². The number of carboxylic acid groups (broad SMARTS) is 1. The van der Waals surface area contributed by atoms with Crippen molar-refractivity contribution in [3.63, 3.8) is 0 Å². The molecule has 2 rings (SSSR count). The molecular weight excluding hydrogens is 338 g/mol. The second-order valence-corrected chi connectivity index (χ2v) is 5.56. The van der Waals surface area contributed by atoms with Gasteiger partial charge in [0.15, 0.2) is 0 Å². The van der Waals surface area contributed by atoms with Crippen LogP contribution in [0, 0.1) is 16.0 Å². The van der Waals surface area contributed by atoms with Crippen LogP contribution < -0.4 is 5.32 Å². The summed E-state index contributed by atoms with van der Waals surface area (Å²) in [6.45, 7) is 1.94. The van der Waals surface area contributed by atoms with E-state index in [1.54, 1.807) is 0 Å². The fraction of sp³-hybridized carbons (Fsp3) is 0.467. The molecule has 0 bridgehead atoms. The monoisotopic (exact) mass is 357 g/mol. The molecule has 0 saturated carbocycles. The zero-order chi connectivity index (χ0) is 16.8. The Hall–Kier alpha value is -2.19. The Labute approximate surface area is 145 Å². The summed E-state index contributed by atoms with van der Waals surface area (Å²) in [5, 5.41) is 22.2. The van der Waals surface area contributed by atoms with Crippen LogP contribution in [0.2, 0.25) is 0 Å². The van der Waals surface area contributed by atoms with Crippen LogP contribution in [0.25, 0.3) is 0 Å². The van der Waals surface area contributed by atoms with Gasteiger partial charge in [0.2, 0.25) is 5.91 Å². The number of rotatable bonds is 6. The first kappa shape index (κ1) is 19.9. The minimum Gasteiger partial charge on any atom is -0.481 e. The van der Waals surface area contributed by atoms with Crippen molar-refractivity contribution in [1.29, 1.82) is 0 Å². The molecule has 0 aromatic heterocycles. The summed E-state index contributed by atoms with van der Waals surface area (Å²) in [5.41, 5.74) is 0.495. The van der Waals surface area contributed by atoms with Gasteiger partial charge in [-0.25, -0.2) is 0 Å². The number of amides is 1. The van der Waals surface area contributed by atoms with Crippen LogP contribution in [0.3, 0.4) is 0 Å². The SMILES string of the molecule is Cl.O=C(CCN1CCC(C(=O)O)CC1)Nc1ccc([N+](=O)[O-])cc1. The zero-order valence-electron chi connectivity index (χ0n) is 13.0. The molecule has 8 nitrogen and oxygen atoms in total. The Morgan fingerprint density at radius 2 is 1.83 bits per heavy atom. The highest BCUT2D eigenvalue weighted by Crippen LogP contribution is 2.18. The van der Waals surface area contributed by atoms with Crippen LogP contribution in [-0.4, -0.2) is 46.4 Å². The lowest BCUT2D eigenvalue weighted by molar-refractivity contribution is -0.384. The topological polar surface area (TPSA) is 113 Å². The summed E-state index contributed by atoms with van der Waals surface area (Å²) in [4.78, 5) is 34.9. The lowest BCUT2D eigenvalue weighted by Crippen LogP contribution is -2.37. The molecular formula is C15H20ClN3O5. The number of halogens is 1. The third-order valence-electron chi connectivity index (χ3n) is 3.95. The molecule has 132 valence electrons. The number of carbonyl (C=O) groups is 2. The first-order valence-electron chi connectivity index (χ1n) is 7.45. The molecule has 24 heavy (non-hydrogen) atoms. The van der Waals surface area contributed by atoms with Gasteiger partial charge in [0, 0.05) is 30.8 Å². The standard InChI is InChI=1S/C15H19N3O5.ClH/c19-14(16-12-1-3-13(4-2-12)18(22)23)7-10-17-8-5-11(6-9-17)15(20)21;/h1-4,11H,5-10H2,(H,16,19)(H,20,21);1H. The molecule has 0 atom stereocenters. The van der Waals surface area contributed by atoms with Crippen molar-refractivity contribution in [2.24, 2.45) is 5.92 Å². The quantitative estimate of drug-likeness (QED) is 0.595. The summed E-state index contributed by atoms with van der Waals surface area (Å²) in [6.07, 6.45) is 1.52. The van der Waals surface area contributed by atoms with E-state index in [0.29, 0.717) is 44.6 Å². The van der Waals surface area contributed by atoms with E-state index in [1.807, 2.05) is 0 Å². The largest absolute Gasteiger partial charge is 0.481 e. The number of piperidine rings is 1. The highest BCUT2D eigenvalue weighted by molar-refractivity contribution is 5.90. The number of hydrogen-bond acceptors (Lipinski definition) is 5. The van der Waals surface area contributed by atoms with Crippen molar-refractivity contribution in [1.82, 2.24) is 4.90 Å². The Morgan fingerprint density at radius 1 is 1.25 bits per heavy atom. The van der Waals surface area contributed by atoms with Gasteiger partial charge in [0.1, 0.15) is 0 Å². The predicted molar refractivity (Wildman–Crippen MR) is 90.4 cm³/mol. The maximum Gasteiger partial charge on any atom is 0.306 e. The molecule has 2 N–H and O–H groups in total. The molecule has 1 aromatic carbocycles. The van der Waals surface area contributed by atoms with Gasteiger partial charge >= 0.3 is 5.97 Å². The maximum absolute atomic E-state index is 11.9. The fourth-order valence-electron chi connectivity index (χ4n) is 2.55. The number of nitrogens with one attached hydrogen (secondary N) is 1. The van der Waals surface area contributed by atoms with E-state index in [1.165, 1.54) is 24.3 Å². The molecule has 1 fully saturated rings. The maximum atomic E-state index is 11.9. The van der Waals surface area contributed by atoms with E-state index >= 15 is 0 Å². The van der Waals surface area contributed by atoms with E-state index in [2.05, 4.69) is 10.2 Å². The average molecular weight is 358 g/mol. The van der Waals surface area contributed by atoms with Crippen molar-refractivity contribution in [2.75, 3.05) is 25.0 Å². The van der Waals surface area contributed by atoms with Crippen LogP contribution in [0.1, 0.15) is 19.3 Å². The number of nitro benzene ring substituents is 1. The third-order valence-corrected chi connectivity index (χ3v) is 3.95. The zero-order valence-corrected chi connectivity index (χ0v) is 13.8. The van der Waals surface area contributed by atoms with E-state index in [9.17, 15) is 19.7 Å². The first-order chi connectivity index (χ1) is 11.0. The lowest BCUT2D eigenvalue weighted by Gasteiger charge is -2.29. The second-order valence-electron chi connectivity index (χ2n) is 5.56. The summed E-state index contributed by atoms with van der Waals surface area (Å²) in [7, 11) is 0. The molecule has 0 spiro atoms. The molecule has 1 aromatic rings. The number of carbonyl (C=O) groups excluding carboxylic acids is 1. The molecule has 1 aliphatic heterocycles. The van der Waals surface area contributed by atoms with Crippen LogP contribution in [0.15, 0.2) is 24.3 Å². The number of likely N-dealkylation sites (tertiary alicyclic amines) is 1. The number of nitro groups is 1. The van der Waals surface area contributed by atoms with Crippen LogP contribution in [-0.2, 0) is 9.59 Å². The summed E-state index contributed by atoms with van der Waals surface area (Å²) in [5.74, 6) is -1.19. The molecule has 1 heterocycles. The number of non-ortho nitro benzene ring substituents is 1. The van der Waals surface area contributed by atoms with Crippen molar-refractivity contribution in [3.05, 3.63) is 34.4 Å². The Bertz CT molecular complexity index is 585. The minimum absolute atomic E-state index is 0. The smallest absolute Gasteiger partial charge is 0.306 e. The Balaban J connectivity index is 0.00000288. The minimum atomic E-state index is -0.749. The lowest BCUT2D eigenvalue weighted by atomic mass is 9.97. The first-order valence-corrected chi connectivity index (χ1v) is 7.45. The van der Waals surface area contributed by atoms with Gasteiger partial charge in [-0.2, -0.15) is 0 Å². The van der Waals surface area contributed by atoms with Gasteiger partial charge in [-0.1, -0.05) is 0 Å². The van der Waals surface area contributed by atoms with Gasteiger partial charge in [-0.3, -0.25) is 19.7 Å². The van der Waals surface area contributed by atoms with Crippen LogP contribution in [0.4, 0.5) is 11.4 Å². The van der Waals surface area contributed by atoms with Gasteiger partial charge < -0.3 is 15.3 Å². The van der Waals surface area contributed by atoms with E-state index in [-0.39, 0.29) is 29.9 Å². The summed E-state index contributed by atoms with van der Waals surface area (Å²) in [6, 6.07) is 5.67. The normalized spacial score (nSPS) is 15.3. The summed E-state index contributed by atoms with van der Waals surface area (Å²) >= 11 is 0. The highest BCUT2D eigenvalue weighted by Gasteiger charge is 2.24. The number of carboxylic acids is 1. The number of hydrogen-bond donors (Lipinski definition) is 2. The fourth-order valence-corrected chi connectivity index (χ4v) is 2.55. The van der Waals surface area contributed by atoms with Crippen LogP contribution in [0.5, 0.6) is 0 Å². The molecule has 1 amide bonds. The van der Waals surface area contributed by atoms with Gasteiger partial charge in [-0.05, 0) is 38.1 Å². The van der Waals surface area contributed by atoms with Crippen LogP contribution >= 0.6 is 12.4 Å². The molecule has 9 heteroatoms. The van der Waals surface area contributed by atoms with Crippen molar-refractivity contribution in [3.8, 4) is 0 Å². The molecule has 0 aliphatic carbocycles. The molecule has 1 saturated heterocycles. The van der Waals surface area contributed by atoms with E-state index in [4.69, 9.17) is 5.11 Å². The van der Waals surface area contributed by atoms with Gasteiger partial charge in [0.05, 0.1) is 10.8 Å². The molecule has 0 radical (unpaired) electrons. The third kappa shape index (κ3) is 5.78. The second kappa shape index (κ2) is 9.19. The molecule has 0 unspecified atom stereocenters. The van der Waals surface area contributed by atoms with Crippen molar-refractivity contribution >= 4 is 35.7 Å². The Morgan fingerprint density at radius 3 is 2.33 bits per heavy atom. The van der Waals surface area contributed by atoms with E-state index in [0.717, 1.165) is 0 Å². The van der Waals surface area contributed by atoms with E-state index < -0.39 is 10.9 Å². The summed E-state index contributed by atoms with van der Waals surface area (Å²) < 4.78 is 0. The molecule has 1 aliphatic rings. The number of nitrogens with zero attached hydrogens (tertiary/aromatic N) is 2. The number of aliphatic carboxylic acids is 1. The average Bonchev–Trinajstić information content (AvgIpc) is 2.54. The predicted octanol–water partition coefficient (Wildman–Crippen LogP) is 2.14. The van der Waals surface area contributed by atoms with Gasteiger partial charge in [-0.15, -0.1) is 12.4 Å².